The molecule has 3 heteroatoms. The van der Waals surface area contributed by atoms with Gasteiger partial charge in [-0.15, -0.1) is 0 Å². The van der Waals surface area contributed by atoms with E-state index in [0.717, 1.165) is 10.5 Å². The van der Waals surface area contributed by atoms with Crippen molar-refractivity contribution in [2.24, 2.45) is 0 Å². The lowest BCUT2D eigenvalue weighted by molar-refractivity contribution is 1.45. The lowest BCUT2D eigenvalue weighted by Crippen LogP contribution is -1.83. The largest absolute Gasteiger partial charge is 0.141 e. The highest BCUT2D eigenvalue weighted by molar-refractivity contribution is 8.26. The fourth-order valence-electron chi connectivity index (χ4n) is 1.50. The zero-order valence-electron chi connectivity index (χ0n) is 8.39. The van der Waals surface area contributed by atoms with Crippen LogP contribution in [-0.4, -0.2) is 3.66 Å². The smallest absolute Gasteiger partial charge is 0.0655 e. The molecule has 0 aliphatic heterocycles. The first-order valence-electron chi connectivity index (χ1n) is 4.79. The molecule has 0 heterocycles. The molecule has 0 spiro atoms. The molecule has 2 rings (SSSR count). The van der Waals surface area contributed by atoms with E-state index < -0.39 is 0 Å². The SMILES string of the molecule is S=C(Cl)Sc1ccccc1-c1ccccc1. The second-order valence-electron chi connectivity index (χ2n) is 3.20. The Bertz CT molecular complexity index is 494. The van der Waals surface area contributed by atoms with E-state index in [2.05, 4.69) is 18.2 Å². The number of rotatable bonds is 2. The second-order valence-corrected chi connectivity index (χ2v) is 5.75. The normalized spacial score (nSPS) is 10.1. The minimum atomic E-state index is 0.420. The predicted molar refractivity (Wildman–Crippen MR) is 76.2 cm³/mol. The summed E-state index contributed by atoms with van der Waals surface area (Å²) in [7, 11) is 0. The molecule has 0 saturated carbocycles. The van der Waals surface area contributed by atoms with E-state index >= 15 is 0 Å². The van der Waals surface area contributed by atoms with Crippen molar-refractivity contribution in [3.8, 4) is 11.1 Å². The van der Waals surface area contributed by atoms with Crippen LogP contribution in [0.4, 0.5) is 0 Å². The number of hydrogen-bond donors (Lipinski definition) is 0. The summed E-state index contributed by atoms with van der Waals surface area (Å²) >= 11 is 12.1. The van der Waals surface area contributed by atoms with Gasteiger partial charge in [0.25, 0.3) is 0 Å². The molecule has 0 aliphatic rings. The maximum Gasteiger partial charge on any atom is 0.141 e. The first-order valence-corrected chi connectivity index (χ1v) is 6.39. The van der Waals surface area contributed by atoms with Gasteiger partial charge in [0.15, 0.2) is 0 Å². The molecule has 0 saturated heterocycles. The maximum atomic E-state index is 5.77. The Morgan fingerprint density at radius 3 is 2.25 bits per heavy atom. The molecule has 0 aromatic heterocycles. The van der Waals surface area contributed by atoms with E-state index in [4.69, 9.17) is 23.8 Å². The van der Waals surface area contributed by atoms with Gasteiger partial charge in [0.05, 0.1) is 0 Å². The monoisotopic (exact) mass is 264 g/mol. The third kappa shape index (κ3) is 2.85. The average Bonchev–Trinajstić information content (AvgIpc) is 2.30. The van der Waals surface area contributed by atoms with Gasteiger partial charge in [0.1, 0.15) is 3.66 Å². The van der Waals surface area contributed by atoms with Crippen LogP contribution in [0.15, 0.2) is 59.5 Å². The number of halogens is 1. The first-order chi connectivity index (χ1) is 7.77. The van der Waals surface area contributed by atoms with E-state index in [1.807, 2.05) is 36.4 Å². The van der Waals surface area contributed by atoms with E-state index in [0.29, 0.717) is 3.66 Å². The summed E-state index contributed by atoms with van der Waals surface area (Å²) in [5, 5.41) is 0. The molecular weight excluding hydrogens is 256 g/mol. The van der Waals surface area contributed by atoms with Crippen molar-refractivity contribution in [3.63, 3.8) is 0 Å². The van der Waals surface area contributed by atoms with Crippen LogP contribution in [-0.2, 0) is 0 Å². The second kappa shape index (κ2) is 5.48. The highest BCUT2D eigenvalue weighted by Gasteiger charge is 2.05. The number of thioether (sulfide) groups is 1. The van der Waals surface area contributed by atoms with Gasteiger partial charge >= 0.3 is 0 Å². The van der Waals surface area contributed by atoms with Crippen molar-refractivity contribution < 1.29 is 0 Å². The number of hydrogen-bond acceptors (Lipinski definition) is 2. The van der Waals surface area contributed by atoms with Gasteiger partial charge in [-0.05, 0) is 17.2 Å². The van der Waals surface area contributed by atoms with Crippen LogP contribution in [0.25, 0.3) is 11.1 Å². The van der Waals surface area contributed by atoms with Gasteiger partial charge < -0.3 is 0 Å². The average molecular weight is 265 g/mol. The molecule has 0 N–H and O–H groups in total. The van der Waals surface area contributed by atoms with Gasteiger partial charge in [0.2, 0.25) is 0 Å². The molecule has 0 aliphatic carbocycles. The summed E-state index contributed by atoms with van der Waals surface area (Å²) in [6.45, 7) is 0. The van der Waals surface area contributed by atoms with Crippen LogP contribution in [0.2, 0.25) is 0 Å². The molecule has 80 valence electrons. The van der Waals surface area contributed by atoms with Crippen molar-refractivity contribution in [3.05, 3.63) is 54.6 Å². The zero-order valence-corrected chi connectivity index (χ0v) is 10.8. The molecule has 2 aromatic rings. The summed E-state index contributed by atoms with van der Waals surface area (Å²) in [6.07, 6.45) is 0. The number of benzene rings is 2. The van der Waals surface area contributed by atoms with Crippen LogP contribution in [0.5, 0.6) is 0 Å². The van der Waals surface area contributed by atoms with Gasteiger partial charge in [-0.3, -0.25) is 0 Å². The molecular formula is C13H9ClS2. The Kier molecular flexibility index (Phi) is 3.99. The van der Waals surface area contributed by atoms with Crippen LogP contribution in [0.1, 0.15) is 0 Å². The van der Waals surface area contributed by atoms with E-state index in [1.165, 1.54) is 17.3 Å². The van der Waals surface area contributed by atoms with E-state index in [-0.39, 0.29) is 0 Å². The van der Waals surface area contributed by atoms with Crippen molar-refractivity contribution >= 4 is 39.2 Å². The molecule has 0 fully saturated rings. The lowest BCUT2D eigenvalue weighted by atomic mass is 10.1. The minimum absolute atomic E-state index is 0.420. The highest BCUT2D eigenvalue weighted by Crippen LogP contribution is 2.32. The van der Waals surface area contributed by atoms with Crippen molar-refractivity contribution in [2.45, 2.75) is 4.90 Å². The van der Waals surface area contributed by atoms with Crippen molar-refractivity contribution in [1.29, 1.82) is 0 Å². The Labute approximate surface area is 110 Å². The molecule has 16 heavy (non-hydrogen) atoms. The topological polar surface area (TPSA) is 0 Å². The van der Waals surface area contributed by atoms with Crippen LogP contribution in [0, 0.1) is 0 Å². The molecule has 0 unspecified atom stereocenters. The Hall–Kier alpha value is -0.830. The Morgan fingerprint density at radius 2 is 1.56 bits per heavy atom. The van der Waals surface area contributed by atoms with Crippen LogP contribution >= 0.6 is 35.6 Å². The molecule has 0 amide bonds. The summed E-state index contributed by atoms with van der Waals surface area (Å²) in [6, 6.07) is 18.3. The first kappa shape index (κ1) is 11.6. The van der Waals surface area contributed by atoms with Crippen molar-refractivity contribution in [2.75, 3.05) is 0 Å². The van der Waals surface area contributed by atoms with Gasteiger partial charge in [-0.2, -0.15) is 0 Å². The highest BCUT2D eigenvalue weighted by atomic mass is 35.5. The van der Waals surface area contributed by atoms with Crippen LogP contribution < -0.4 is 0 Å². The predicted octanol–water partition coefficient (Wildman–Crippen LogP) is 4.97. The minimum Gasteiger partial charge on any atom is -0.0655 e. The standard InChI is InChI=1S/C13H9ClS2/c14-13(15)16-12-9-5-4-8-11(12)10-6-2-1-3-7-10/h1-9H. The quantitative estimate of drug-likeness (QED) is 0.427. The third-order valence-electron chi connectivity index (χ3n) is 2.16. The molecule has 0 bridgehead atoms. The van der Waals surface area contributed by atoms with Crippen molar-refractivity contribution in [1.82, 2.24) is 0 Å². The van der Waals surface area contributed by atoms with Crippen LogP contribution in [0.3, 0.4) is 0 Å². The fourth-order valence-corrected chi connectivity index (χ4v) is 2.63. The summed E-state index contributed by atoms with van der Waals surface area (Å²) in [4.78, 5) is 1.09. The zero-order chi connectivity index (χ0) is 11.4. The van der Waals surface area contributed by atoms with E-state index in [9.17, 15) is 0 Å². The Morgan fingerprint density at radius 1 is 0.938 bits per heavy atom. The molecule has 0 radical (unpaired) electrons. The van der Waals surface area contributed by atoms with Gasteiger partial charge in [0, 0.05) is 4.90 Å². The summed E-state index contributed by atoms with van der Waals surface area (Å²) in [5.74, 6) is 0. The maximum absolute atomic E-state index is 5.77. The lowest BCUT2D eigenvalue weighted by Gasteiger charge is -2.07. The Balaban J connectivity index is 2.44. The summed E-state index contributed by atoms with van der Waals surface area (Å²) in [5.41, 5.74) is 2.34. The summed E-state index contributed by atoms with van der Waals surface area (Å²) < 4.78 is 0.420. The molecule has 0 atom stereocenters. The fraction of sp³-hybridized carbons (Fsp3) is 0. The molecule has 0 nitrogen and oxygen atoms in total. The third-order valence-corrected chi connectivity index (χ3v) is 3.38. The molecule has 2 aromatic carbocycles. The van der Waals surface area contributed by atoms with Gasteiger partial charge in [-0.25, -0.2) is 0 Å². The van der Waals surface area contributed by atoms with E-state index in [1.54, 1.807) is 0 Å². The van der Waals surface area contributed by atoms with Gasteiger partial charge in [-0.1, -0.05) is 84.1 Å². The number of thiocarbonyl (C=S) groups is 1.